The quantitative estimate of drug-likeness (QED) is 0.784. The van der Waals surface area contributed by atoms with E-state index in [0.717, 1.165) is 30.5 Å². The summed E-state index contributed by atoms with van der Waals surface area (Å²) in [5.74, 6) is 0.964. The number of halogens is 1. The molecule has 0 N–H and O–H groups in total. The lowest BCUT2D eigenvalue weighted by Crippen LogP contribution is -2.23. The molecule has 84 valence electrons. The molecule has 0 bridgehead atoms. The number of nitrogens with zero attached hydrogens (tertiary/aromatic N) is 3. The molecule has 15 heavy (non-hydrogen) atoms. The molecule has 1 aliphatic heterocycles. The third-order valence-electron chi connectivity index (χ3n) is 2.87. The highest BCUT2D eigenvalue weighted by Crippen LogP contribution is 2.37. The van der Waals surface area contributed by atoms with Crippen molar-refractivity contribution in [3.8, 4) is 0 Å². The highest BCUT2D eigenvalue weighted by atomic mass is 79.9. The summed E-state index contributed by atoms with van der Waals surface area (Å²) in [6.45, 7) is 8.75. The van der Waals surface area contributed by atoms with Crippen molar-refractivity contribution in [1.82, 2.24) is 9.36 Å². The lowest BCUT2D eigenvalue weighted by atomic mass is 9.93. The number of aromatic nitrogens is 2. The highest BCUT2D eigenvalue weighted by molar-refractivity contribution is 9.09. The van der Waals surface area contributed by atoms with Gasteiger partial charge in [-0.1, -0.05) is 36.7 Å². The van der Waals surface area contributed by atoms with Crippen LogP contribution in [-0.4, -0.2) is 27.3 Å². The number of alkyl halides is 1. The van der Waals surface area contributed by atoms with Crippen molar-refractivity contribution in [2.24, 2.45) is 5.41 Å². The Morgan fingerprint density at radius 3 is 2.80 bits per heavy atom. The molecule has 1 atom stereocenters. The van der Waals surface area contributed by atoms with E-state index in [-0.39, 0.29) is 0 Å². The smallest absolute Gasteiger partial charge is 0.205 e. The Kier molecular flexibility index (Phi) is 3.03. The maximum absolute atomic E-state index is 4.52. The van der Waals surface area contributed by atoms with E-state index >= 15 is 0 Å². The van der Waals surface area contributed by atoms with Crippen molar-refractivity contribution < 1.29 is 0 Å². The standard InChI is InChI=1S/C10H16BrN3S/c1-4-8-12-9(15-13-8)14-5-7(11)10(2,3)6-14/h7H,4-6H2,1-3H3. The van der Waals surface area contributed by atoms with Crippen LogP contribution in [0.5, 0.6) is 0 Å². The number of aryl methyl sites for hydroxylation is 1. The number of rotatable bonds is 2. The average Bonchev–Trinajstić information content (AvgIpc) is 2.72. The van der Waals surface area contributed by atoms with Gasteiger partial charge in [-0.05, 0) is 5.41 Å². The second-order valence-corrected chi connectivity index (χ2v) is 6.52. The molecular weight excluding hydrogens is 274 g/mol. The van der Waals surface area contributed by atoms with E-state index < -0.39 is 0 Å². The van der Waals surface area contributed by atoms with E-state index in [9.17, 15) is 0 Å². The van der Waals surface area contributed by atoms with Crippen molar-refractivity contribution in [3.63, 3.8) is 0 Å². The van der Waals surface area contributed by atoms with E-state index in [1.165, 1.54) is 11.5 Å². The van der Waals surface area contributed by atoms with Crippen LogP contribution >= 0.6 is 27.5 Å². The van der Waals surface area contributed by atoms with Crippen LogP contribution < -0.4 is 4.90 Å². The second kappa shape index (κ2) is 4.01. The Morgan fingerprint density at radius 2 is 2.33 bits per heavy atom. The number of anilines is 1. The van der Waals surface area contributed by atoms with E-state index in [2.05, 4.69) is 51.0 Å². The number of hydrogen-bond donors (Lipinski definition) is 0. The van der Waals surface area contributed by atoms with Crippen LogP contribution in [0.1, 0.15) is 26.6 Å². The molecule has 0 radical (unpaired) electrons. The Morgan fingerprint density at radius 1 is 1.60 bits per heavy atom. The van der Waals surface area contributed by atoms with Gasteiger partial charge in [0.25, 0.3) is 0 Å². The van der Waals surface area contributed by atoms with E-state index in [0.29, 0.717) is 10.2 Å². The maximum Gasteiger partial charge on any atom is 0.205 e. The minimum atomic E-state index is 0.318. The molecule has 1 aromatic heterocycles. The summed E-state index contributed by atoms with van der Waals surface area (Å²) in [6.07, 6.45) is 0.922. The first-order valence-corrected chi connectivity index (χ1v) is 6.93. The fraction of sp³-hybridized carbons (Fsp3) is 0.800. The van der Waals surface area contributed by atoms with Gasteiger partial charge < -0.3 is 4.90 Å². The fourth-order valence-electron chi connectivity index (χ4n) is 1.76. The Balaban J connectivity index is 2.13. The number of hydrogen-bond acceptors (Lipinski definition) is 4. The first-order valence-electron chi connectivity index (χ1n) is 5.24. The summed E-state index contributed by atoms with van der Waals surface area (Å²) in [7, 11) is 0. The molecule has 0 amide bonds. The summed E-state index contributed by atoms with van der Waals surface area (Å²) < 4.78 is 4.33. The minimum absolute atomic E-state index is 0.318. The van der Waals surface area contributed by atoms with Gasteiger partial charge in [0, 0.05) is 35.9 Å². The fourth-order valence-corrected chi connectivity index (χ4v) is 3.01. The summed E-state index contributed by atoms with van der Waals surface area (Å²) in [4.78, 5) is 7.39. The van der Waals surface area contributed by atoms with Crippen LogP contribution in [-0.2, 0) is 6.42 Å². The normalized spacial score (nSPS) is 24.8. The Labute approximate surface area is 103 Å². The zero-order valence-corrected chi connectivity index (χ0v) is 11.7. The van der Waals surface area contributed by atoms with Gasteiger partial charge >= 0.3 is 0 Å². The second-order valence-electron chi connectivity index (χ2n) is 4.68. The molecular formula is C10H16BrN3S. The summed E-state index contributed by atoms with van der Waals surface area (Å²) in [6, 6.07) is 0. The van der Waals surface area contributed by atoms with Crippen LogP contribution in [0.4, 0.5) is 5.13 Å². The first kappa shape index (κ1) is 11.3. The molecule has 3 nitrogen and oxygen atoms in total. The molecule has 5 heteroatoms. The molecule has 2 rings (SSSR count). The van der Waals surface area contributed by atoms with Crippen LogP contribution in [0, 0.1) is 5.41 Å². The van der Waals surface area contributed by atoms with Crippen molar-refractivity contribution in [3.05, 3.63) is 5.82 Å². The Bertz CT molecular complexity index is 350. The monoisotopic (exact) mass is 289 g/mol. The van der Waals surface area contributed by atoms with Gasteiger partial charge in [-0.15, -0.1) is 0 Å². The molecule has 2 heterocycles. The summed E-state index contributed by atoms with van der Waals surface area (Å²) >= 11 is 5.25. The predicted octanol–water partition coefficient (Wildman–Crippen LogP) is 2.71. The van der Waals surface area contributed by atoms with Crippen molar-refractivity contribution in [2.75, 3.05) is 18.0 Å². The van der Waals surface area contributed by atoms with Crippen LogP contribution in [0.2, 0.25) is 0 Å². The van der Waals surface area contributed by atoms with Crippen molar-refractivity contribution in [2.45, 2.75) is 32.0 Å². The zero-order chi connectivity index (χ0) is 11.1. The SMILES string of the molecule is CCc1nsc(N2CC(Br)C(C)(C)C2)n1. The minimum Gasteiger partial charge on any atom is -0.345 e. The van der Waals surface area contributed by atoms with Crippen LogP contribution in [0.3, 0.4) is 0 Å². The third kappa shape index (κ3) is 2.18. The topological polar surface area (TPSA) is 29.0 Å². The molecule has 0 spiro atoms. The lowest BCUT2D eigenvalue weighted by molar-refractivity contribution is 0.434. The zero-order valence-electron chi connectivity index (χ0n) is 9.33. The van der Waals surface area contributed by atoms with Gasteiger partial charge in [-0.25, -0.2) is 4.98 Å². The third-order valence-corrected chi connectivity index (χ3v) is 5.21. The first-order chi connectivity index (χ1) is 7.03. The highest BCUT2D eigenvalue weighted by Gasteiger charge is 2.38. The average molecular weight is 290 g/mol. The van der Waals surface area contributed by atoms with Crippen molar-refractivity contribution >= 4 is 32.6 Å². The molecule has 1 saturated heterocycles. The molecule has 0 saturated carbocycles. The predicted molar refractivity (Wildman–Crippen MR) is 68.0 cm³/mol. The molecule has 1 aliphatic rings. The molecule has 0 aliphatic carbocycles. The van der Waals surface area contributed by atoms with Crippen molar-refractivity contribution in [1.29, 1.82) is 0 Å². The van der Waals surface area contributed by atoms with Gasteiger partial charge in [0.2, 0.25) is 5.13 Å². The van der Waals surface area contributed by atoms with Gasteiger partial charge in [-0.3, -0.25) is 0 Å². The van der Waals surface area contributed by atoms with Crippen LogP contribution in [0.15, 0.2) is 0 Å². The van der Waals surface area contributed by atoms with Gasteiger partial charge in [0.15, 0.2) is 0 Å². The van der Waals surface area contributed by atoms with E-state index in [1.54, 1.807) is 0 Å². The van der Waals surface area contributed by atoms with Gasteiger partial charge in [0.1, 0.15) is 5.82 Å². The lowest BCUT2D eigenvalue weighted by Gasteiger charge is -2.20. The largest absolute Gasteiger partial charge is 0.345 e. The molecule has 1 aromatic rings. The Hall–Kier alpha value is -0.160. The van der Waals surface area contributed by atoms with E-state index in [4.69, 9.17) is 0 Å². The summed E-state index contributed by atoms with van der Waals surface area (Å²) in [5.41, 5.74) is 0.318. The molecule has 1 fully saturated rings. The van der Waals surface area contributed by atoms with Crippen LogP contribution in [0.25, 0.3) is 0 Å². The molecule has 1 unspecified atom stereocenters. The van der Waals surface area contributed by atoms with Gasteiger partial charge in [0.05, 0.1) is 0 Å². The molecule has 0 aromatic carbocycles. The maximum atomic E-state index is 4.52. The van der Waals surface area contributed by atoms with Gasteiger partial charge in [-0.2, -0.15) is 4.37 Å². The summed E-state index contributed by atoms with van der Waals surface area (Å²) in [5, 5.41) is 1.07. The van der Waals surface area contributed by atoms with E-state index in [1.807, 2.05) is 0 Å².